The van der Waals surface area contributed by atoms with Crippen molar-refractivity contribution in [1.82, 2.24) is 15.1 Å². The van der Waals surface area contributed by atoms with Crippen molar-refractivity contribution in [3.05, 3.63) is 11.8 Å². The molecule has 6 nitrogen and oxygen atoms in total. The molecular weight excluding hydrogens is 232 g/mol. The normalized spacial score (nSPS) is 10.8. The Morgan fingerprint density at radius 3 is 2.39 bits per heavy atom. The Hall–Kier alpha value is -1.85. The Labute approximate surface area is 107 Å². The molecule has 0 aliphatic carbocycles. The van der Waals surface area contributed by atoms with Gasteiger partial charge in [-0.2, -0.15) is 5.10 Å². The van der Waals surface area contributed by atoms with E-state index >= 15 is 0 Å². The number of amides is 2. The van der Waals surface area contributed by atoms with Crippen LogP contribution in [0.3, 0.4) is 0 Å². The van der Waals surface area contributed by atoms with Crippen LogP contribution in [0.15, 0.2) is 6.07 Å². The van der Waals surface area contributed by atoms with E-state index in [0.717, 1.165) is 0 Å². The quantitative estimate of drug-likeness (QED) is 0.844. The summed E-state index contributed by atoms with van der Waals surface area (Å²) in [5.41, 5.74) is 0.419. The van der Waals surface area contributed by atoms with Crippen LogP contribution < -0.4 is 10.6 Å². The van der Waals surface area contributed by atoms with Crippen molar-refractivity contribution in [3.63, 3.8) is 0 Å². The zero-order valence-electron chi connectivity index (χ0n) is 11.4. The Balaban J connectivity index is 2.82. The maximum atomic E-state index is 11.8. The summed E-state index contributed by atoms with van der Waals surface area (Å²) in [6.45, 7) is 7.36. The van der Waals surface area contributed by atoms with E-state index in [1.165, 1.54) is 4.68 Å². The SMILES string of the molecule is CC(C)NC(=O)c1cc(NC(=O)C(C)C)nn1C. The van der Waals surface area contributed by atoms with Crippen molar-refractivity contribution < 1.29 is 9.59 Å². The highest BCUT2D eigenvalue weighted by Crippen LogP contribution is 2.10. The first kappa shape index (κ1) is 14.2. The van der Waals surface area contributed by atoms with E-state index in [4.69, 9.17) is 0 Å². The summed E-state index contributed by atoms with van der Waals surface area (Å²) in [6, 6.07) is 1.62. The van der Waals surface area contributed by atoms with Gasteiger partial charge in [-0.1, -0.05) is 13.8 Å². The highest BCUT2D eigenvalue weighted by molar-refractivity contribution is 5.96. The summed E-state index contributed by atoms with van der Waals surface area (Å²) in [7, 11) is 1.67. The first-order valence-corrected chi connectivity index (χ1v) is 5.97. The van der Waals surface area contributed by atoms with Gasteiger partial charge in [-0.25, -0.2) is 0 Å². The highest BCUT2D eigenvalue weighted by atomic mass is 16.2. The van der Waals surface area contributed by atoms with E-state index in [9.17, 15) is 9.59 Å². The van der Waals surface area contributed by atoms with Crippen molar-refractivity contribution in [1.29, 1.82) is 0 Å². The third-order valence-corrected chi connectivity index (χ3v) is 2.31. The van der Waals surface area contributed by atoms with E-state index in [2.05, 4.69) is 15.7 Å². The van der Waals surface area contributed by atoms with Gasteiger partial charge >= 0.3 is 0 Å². The summed E-state index contributed by atoms with van der Waals surface area (Å²) in [4.78, 5) is 23.3. The molecule has 0 radical (unpaired) electrons. The van der Waals surface area contributed by atoms with Gasteiger partial charge in [-0.3, -0.25) is 14.3 Å². The Kier molecular flexibility index (Phi) is 4.47. The van der Waals surface area contributed by atoms with Crippen LogP contribution in [0.25, 0.3) is 0 Å². The van der Waals surface area contributed by atoms with Gasteiger partial charge in [0.2, 0.25) is 5.91 Å². The van der Waals surface area contributed by atoms with Gasteiger partial charge in [0.25, 0.3) is 5.91 Å². The fourth-order valence-electron chi connectivity index (χ4n) is 1.35. The van der Waals surface area contributed by atoms with Crippen LogP contribution >= 0.6 is 0 Å². The molecule has 1 aromatic rings. The van der Waals surface area contributed by atoms with E-state index in [1.807, 2.05) is 13.8 Å². The number of nitrogens with one attached hydrogen (secondary N) is 2. The maximum absolute atomic E-state index is 11.8. The van der Waals surface area contributed by atoms with E-state index < -0.39 is 0 Å². The van der Waals surface area contributed by atoms with Crippen molar-refractivity contribution in [2.45, 2.75) is 33.7 Å². The molecule has 100 valence electrons. The van der Waals surface area contributed by atoms with Crippen LogP contribution in [0.4, 0.5) is 5.82 Å². The topological polar surface area (TPSA) is 76.0 Å². The van der Waals surface area contributed by atoms with Crippen LogP contribution in [-0.2, 0) is 11.8 Å². The van der Waals surface area contributed by atoms with Crippen molar-refractivity contribution in [3.8, 4) is 0 Å². The Morgan fingerprint density at radius 1 is 1.28 bits per heavy atom. The average Bonchev–Trinajstić information content (AvgIpc) is 2.58. The third kappa shape index (κ3) is 3.58. The molecule has 0 aliphatic rings. The predicted molar refractivity (Wildman–Crippen MR) is 69.3 cm³/mol. The lowest BCUT2D eigenvalue weighted by Gasteiger charge is -2.07. The molecule has 2 amide bonds. The smallest absolute Gasteiger partial charge is 0.269 e. The van der Waals surface area contributed by atoms with Crippen LogP contribution in [0.1, 0.15) is 38.2 Å². The maximum Gasteiger partial charge on any atom is 0.269 e. The zero-order valence-corrected chi connectivity index (χ0v) is 11.4. The van der Waals surface area contributed by atoms with Crippen LogP contribution in [0, 0.1) is 5.92 Å². The molecule has 6 heteroatoms. The number of aryl methyl sites for hydroxylation is 1. The number of hydrogen-bond acceptors (Lipinski definition) is 3. The minimum Gasteiger partial charge on any atom is -0.349 e. The van der Waals surface area contributed by atoms with Gasteiger partial charge in [-0.05, 0) is 13.8 Å². The molecule has 0 unspecified atom stereocenters. The predicted octanol–water partition coefficient (Wildman–Crippen LogP) is 1.15. The molecule has 0 bridgehead atoms. The monoisotopic (exact) mass is 252 g/mol. The third-order valence-electron chi connectivity index (χ3n) is 2.31. The lowest BCUT2D eigenvalue weighted by Crippen LogP contribution is -2.31. The van der Waals surface area contributed by atoms with Gasteiger partial charge in [0.05, 0.1) is 0 Å². The molecule has 0 saturated heterocycles. The highest BCUT2D eigenvalue weighted by Gasteiger charge is 2.16. The van der Waals surface area contributed by atoms with E-state index in [1.54, 1.807) is 27.0 Å². The molecule has 0 atom stereocenters. The number of carbonyl (C=O) groups is 2. The number of carbonyl (C=O) groups excluding carboxylic acids is 2. The number of anilines is 1. The van der Waals surface area contributed by atoms with Crippen LogP contribution in [0.5, 0.6) is 0 Å². The van der Waals surface area contributed by atoms with Crippen LogP contribution in [-0.4, -0.2) is 27.6 Å². The second-order valence-electron chi connectivity index (χ2n) is 4.81. The Bertz CT molecular complexity index is 449. The summed E-state index contributed by atoms with van der Waals surface area (Å²) in [5.74, 6) is -0.0565. The minimum atomic E-state index is -0.204. The summed E-state index contributed by atoms with van der Waals surface area (Å²) in [6.07, 6.45) is 0. The first-order chi connectivity index (χ1) is 8.31. The minimum absolute atomic E-state index is 0.0566. The second kappa shape index (κ2) is 5.66. The molecule has 1 rings (SSSR count). The molecule has 1 heterocycles. The van der Waals surface area contributed by atoms with E-state index in [0.29, 0.717) is 11.5 Å². The summed E-state index contributed by atoms with van der Waals surface area (Å²) < 4.78 is 1.45. The molecular formula is C12H20N4O2. The molecule has 1 aromatic heterocycles. The van der Waals surface area contributed by atoms with Crippen molar-refractivity contribution in [2.24, 2.45) is 13.0 Å². The molecule has 0 aliphatic heterocycles. The van der Waals surface area contributed by atoms with Gasteiger partial charge in [0.1, 0.15) is 5.69 Å². The second-order valence-corrected chi connectivity index (χ2v) is 4.81. The average molecular weight is 252 g/mol. The van der Waals surface area contributed by atoms with Gasteiger partial charge in [-0.15, -0.1) is 0 Å². The lowest BCUT2D eigenvalue weighted by molar-refractivity contribution is -0.118. The number of rotatable bonds is 4. The van der Waals surface area contributed by atoms with Gasteiger partial charge in [0.15, 0.2) is 5.82 Å². The molecule has 2 N–H and O–H groups in total. The summed E-state index contributed by atoms with van der Waals surface area (Å²) >= 11 is 0. The van der Waals surface area contributed by atoms with Gasteiger partial charge < -0.3 is 10.6 Å². The largest absolute Gasteiger partial charge is 0.349 e. The number of hydrogen-bond donors (Lipinski definition) is 2. The Morgan fingerprint density at radius 2 is 1.89 bits per heavy atom. The first-order valence-electron chi connectivity index (χ1n) is 5.97. The fraction of sp³-hybridized carbons (Fsp3) is 0.583. The van der Waals surface area contributed by atoms with Crippen LogP contribution in [0.2, 0.25) is 0 Å². The number of nitrogens with zero attached hydrogens (tertiary/aromatic N) is 2. The molecule has 0 fully saturated rings. The molecule has 0 spiro atoms. The van der Waals surface area contributed by atoms with E-state index in [-0.39, 0.29) is 23.8 Å². The fourth-order valence-corrected chi connectivity index (χ4v) is 1.35. The lowest BCUT2D eigenvalue weighted by atomic mass is 10.2. The standard InChI is InChI=1S/C12H20N4O2/c1-7(2)11(17)14-10-6-9(16(5)15-10)12(18)13-8(3)4/h6-8H,1-5H3,(H,13,18)(H,14,15,17). The van der Waals surface area contributed by atoms with Crippen molar-refractivity contribution in [2.75, 3.05) is 5.32 Å². The molecule has 18 heavy (non-hydrogen) atoms. The zero-order chi connectivity index (χ0) is 13.9. The van der Waals surface area contributed by atoms with Gasteiger partial charge in [0, 0.05) is 25.1 Å². The number of aromatic nitrogens is 2. The molecule has 0 aromatic carbocycles. The molecule has 0 saturated carbocycles. The van der Waals surface area contributed by atoms with Crippen molar-refractivity contribution >= 4 is 17.6 Å². The summed E-state index contributed by atoms with van der Waals surface area (Å²) in [5, 5.41) is 9.52.